The van der Waals surface area contributed by atoms with Gasteiger partial charge in [-0.1, -0.05) is 189 Å². The fourth-order valence-electron chi connectivity index (χ4n) is 5.13. The summed E-state index contributed by atoms with van der Waals surface area (Å²) in [6.07, 6.45) is 40.4. The first kappa shape index (κ1) is 36.3. The molecule has 0 aromatic heterocycles. The lowest BCUT2D eigenvalue weighted by molar-refractivity contribution is 0.514. The molecule has 0 amide bonds. The Bertz CT molecular complexity index is 387. The van der Waals surface area contributed by atoms with Crippen LogP contribution in [0.3, 0.4) is 0 Å². The van der Waals surface area contributed by atoms with Crippen LogP contribution in [0.25, 0.3) is 0 Å². The number of alkyl halides is 1. The van der Waals surface area contributed by atoms with Gasteiger partial charge in [0, 0.05) is 5.33 Å². The molecule has 0 radical (unpaired) electrons. The predicted octanol–water partition coefficient (Wildman–Crippen LogP) is 13.9. The molecule has 0 saturated carbocycles. The molecule has 0 aliphatic rings. The van der Waals surface area contributed by atoms with Crippen LogP contribution in [0.1, 0.15) is 180 Å². The number of hydrogen-bond donors (Lipinski definition) is 0. The van der Waals surface area contributed by atoms with Crippen molar-refractivity contribution in [3.05, 3.63) is 0 Å². The third-order valence-electron chi connectivity index (χ3n) is 7.50. The van der Waals surface area contributed by atoms with Crippen LogP contribution in [0.5, 0.6) is 0 Å². The molecule has 0 heterocycles. The molecule has 0 aliphatic heterocycles. The van der Waals surface area contributed by atoms with E-state index in [4.69, 9.17) is 22.2 Å². The van der Waals surface area contributed by atoms with Crippen molar-refractivity contribution in [3.8, 4) is 0 Å². The Morgan fingerprint density at radius 3 is 0.686 bits per heavy atom. The first-order valence-corrected chi connectivity index (χ1v) is 21.9. The van der Waals surface area contributed by atoms with Crippen LogP contribution in [0.15, 0.2) is 0 Å². The Kier molecular flexibility index (Phi) is 30.9. The normalized spacial score (nSPS) is 12.0. The Morgan fingerprint density at radius 1 is 0.343 bits per heavy atom. The second-order valence-corrected chi connectivity index (χ2v) is 20.4. The highest BCUT2D eigenvalue weighted by molar-refractivity contribution is 9.09. The Balaban J connectivity index is 3.03. The molecule has 212 valence electrons. The van der Waals surface area contributed by atoms with E-state index in [1.165, 1.54) is 185 Å². The van der Waals surface area contributed by atoms with Gasteiger partial charge in [0.1, 0.15) is 0 Å². The van der Waals surface area contributed by atoms with E-state index in [1.54, 1.807) is 0 Å². The van der Waals surface area contributed by atoms with Gasteiger partial charge >= 0.3 is 0 Å². The maximum Gasteiger partial charge on any atom is 0.248 e. The van der Waals surface area contributed by atoms with Gasteiger partial charge < -0.3 is 0 Å². The number of unbranched alkanes of at least 4 members (excludes halogenated alkanes) is 27. The van der Waals surface area contributed by atoms with Crippen LogP contribution in [0.4, 0.5) is 0 Å². The summed E-state index contributed by atoms with van der Waals surface area (Å²) < 4.78 is 0. The Labute approximate surface area is 241 Å². The van der Waals surface area contributed by atoms with E-state index in [0.717, 1.165) is 6.04 Å². The summed E-state index contributed by atoms with van der Waals surface area (Å²) in [7, 11) is 0. The van der Waals surface area contributed by atoms with Crippen molar-refractivity contribution in [2.24, 2.45) is 0 Å². The second kappa shape index (κ2) is 29.8. The van der Waals surface area contributed by atoms with Crippen molar-refractivity contribution in [1.29, 1.82) is 0 Å². The molecule has 0 aromatic rings. The third kappa shape index (κ3) is 35.3. The van der Waals surface area contributed by atoms with E-state index in [-0.39, 0.29) is 0 Å². The van der Waals surface area contributed by atoms with E-state index in [9.17, 15) is 0 Å². The number of halogens is 3. The van der Waals surface area contributed by atoms with Crippen LogP contribution in [-0.4, -0.2) is 12.0 Å². The lowest BCUT2D eigenvalue weighted by Gasteiger charge is -2.09. The van der Waals surface area contributed by atoms with Gasteiger partial charge in [-0.25, -0.2) is 0 Å². The van der Waals surface area contributed by atoms with Gasteiger partial charge in [0.25, 0.3) is 0 Å². The standard InChI is InChI=1S/C31H63BrCl2Si/c1-35(33,34)31-29-27-25-23-21-19-17-15-13-11-9-7-5-3-2-4-6-8-10-12-14-16-18-20-22-24-26-28-30-32/h2-31H2,1H3. The zero-order valence-electron chi connectivity index (χ0n) is 23.8. The molecule has 0 saturated heterocycles. The second-order valence-electron chi connectivity index (χ2n) is 11.4. The highest BCUT2D eigenvalue weighted by Crippen LogP contribution is 2.23. The van der Waals surface area contributed by atoms with Gasteiger partial charge in [-0.05, 0) is 19.0 Å². The largest absolute Gasteiger partial charge is 0.248 e. The minimum absolute atomic E-state index is 1.06. The third-order valence-corrected chi connectivity index (χ3v) is 10.4. The van der Waals surface area contributed by atoms with Crippen LogP contribution in [0.2, 0.25) is 12.6 Å². The summed E-state index contributed by atoms with van der Waals surface area (Å²) in [4.78, 5) is 0. The molecular weight excluding hydrogens is 551 g/mol. The monoisotopic (exact) mass is 612 g/mol. The van der Waals surface area contributed by atoms with Gasteiger partial charge in [-0.15, -0.1) is 22.2 Å². The van der Waals surface area contributed by atoms with Crippen LogP contribution in [0, 0.1) is 0 Å². The first-order chi connectivity index (χ1) is 17.1. The minimum Gasteiger partial charge on any atom is -0.146 e. The SMILES string of the molecule is C[Si](Cl)(Cl)CCCCCCCCCCCCCCCCCCCCCCCCCCCCCCBr. The van der Waals surface area contributed by atoms with Crippen molar-refractivity contribution >= 4 is 44.8 Å². The molecule has 0 atom stereocenters. The summed E-state index contributed by atoms with van der Waals surface area (Å²) >= 11 is 15.8. The van der Waals surface area contributed by atoms with Crippen molar-refractivity contribution < 1.29 is 0 Å². The van der Waals surface area contributed by atoms with Crippen LogP contribution in [-0.2, 0) is 0 Å². The van der Waals surface area contributed by atoms with Crippen molar-refractivity contribution in [2.75, 3.05) is 5.33 Å². The summed E-state index contributed by atoms with van der Waals surface area (Å²) in [6.45, 7) is 0.202. The van der Waals surface area contributed by atoms with Gasteiger partial charge in [-0.2, -0.15) is 0 Å². The van der Waals surface area contributed by atoms with E-state index < -0.39 is 6.69 Å². The first-order valence-electron chi connectivity index (χ1n) is 16.0. The Hall–Kier alpha value is 1.28. The summed E-state index contributed by atoms with van der Waals surface area (Å²) in [5, 5.41) is 1.18. The average Bonchev–Trinajstić information content (AvgIpc) is 2.82. The van der Waals surface area contributed by atoms with E-state index >= 15 is 0 Å². The zero-order valence-corrected chi connectivity index (χ0v) is 27.9. The molecule has 0 fully saturated rings. The fraction of sp³-hybridized carbons (Fsp3) is 1.00. The quantitative estimate of drug-likeness (QED) is 0.0327. The molecule has 0 unspecified atom stereocenters. The van der Waals surface area contributed by atoms with Crippen LogP contribution >= 0.6 is 38.1 Å². The maximum atomic E-state index is 6.15. The molecule has 0 bridgehead atoms. The highest BCUT2D eigenvalue weighted by Gasteiger charge is 2.19. The molecule has 0 aliphatic carbocycles. The van der Waals surface area contributed by atoms with E-state index in [1.807, 2.05) is 6.55 Å². The lowest BCUT2D eigenvalue weighted by Crippen LogP contribution is -2.11. The smallest absolute Gasteiger partial charge is 0.146 e. The predicted molar refractivity (Wildman–Crippen MR) is 171 cm³/mol. The molecule has 0 nitrogen and oxygen atoms in total. The molecule has 0 spiro atoms. The van der Waals surface area contributed by atoms with Crippen molar-refractivity contribution in [1.82, 2.24) is 0 Å². The Morgan fingerprint density at radius 2 is 0.514 bits per heavy atom. The number of hydrogen-bond acceptors (Lipinski definition) is 0. The zero-order chi connectivity index (χ0) is 25.7. The summed E-state index contributed by atoms with van der Waals surface area (Å²) in [5.74, 6) is 0. The lowest BCUT2D eigenvalue weighted by atomic mass is 10.0. The van der Waals surface area contributed by atoms with Gasteiger partial charge in [-0.3, -0.25) is 0 Å². The van der Waals surface area contributed by atoms with Crippen molar-refractivity contribution in [3.63, 3.8) is 0 Å². The number of rotatable bonds is 30. The minimum atomic E-state index is -1.84. The maximum absolute atomic E-state index is 6.15. The van der Waals surface area contributed by atoms with E-state index in [0.29, 0.717) is 0 Å². The highest BCUT2D eigenvalue weighted by atomic mass is 79.9. The molecular formula is C31H63BrCl2Si. The average molecular weight is 615 g/mol. The molecule has 4 heteroatoms. The van der Waals surface area contributed by atoms with Gasteiger partial charge in [0.05, 0.1) is 0 Å². The van der Waals surface area contributed by atoms with Gasteiger partial charge in [0.15, 0.2) is 0 Å². The summed E-state index contributed by atoms with van der Waals surface area (Å²) in [6, 6.07) is 1.06. The molecule has 0 aromatic carbocycles. The van der Waals surface area contributed by atoms with Gasteiger partial charge in [0.2, 0.25) is 6.69 Å². The molecule has 35 heavy (non-hydrogen) atoms. The van der Waals surface area contributed by atoms with E-state index in [2.05, 4.69) is 15.9 Å². The molecule has 0 rings (SSSR count). The fourth-order valence-corrected chi connectivity index (χ4v) is 7.20. The molecule has 0 N–H and O–H groups in total. The topological polar surface area (TPSA) is 0 Å². The van der Waals surface area contributed by atoms with Crippen LogP contribution < -0.4 is 0 Å². The summed E-state index contributed by atoms with van der Waals surface area (Å²) in [5.41, 5.74) is 0. The van der Waals surface area contributed by atoms with Crippen molar-refractivity contribution in [2.45, 2.75) is 192 Å².